The zero-order valence-electron chi connectivity index (χ0n) is 20.8. The van der Waals surface area contributed by atoms with Gasteiger partial charge in [-0.25, -0.2) is 9.07 Å². The lowest BCUT2D eigenvalue weighted by Crippen LogP contribution is -2.29. The molecule has 2 N–H and O–H groups in total. The number of hydrogen-bond donors (Lipinski definition) is 1. The van der Waals surface area contributed by atoms with Crippen molar-refractivity contribution >= 4 is 28.4 Å². The summed E-state index contributed by atoms with van der Waals surface area (Å²) in [6.45, 7) is 1.88. The normalized spacial score (nSPS) is 19.4. The summed E-state index contributed by atoms with van der Waals surface area (Å²) in [6.07, 6.45) is 3.51. The lowest BCUT2D eigenvalue weighted by atomic mass is 9.82. The maximum absolute atomic E-state index is 13.9. The molecule has 38 heavy (non-hydrogen) atoms. The molecule has 0 spiro atoms. The number of primary amides is 1. The number of aromatic nitrogens is 4. The van der Waals surface area contributed by atoms with Gasteiger partial charge in [-0.1, -0.05) is 37.3 Å². The van der Waals surface area contributed by atoms with Gasteiger partial charge in [-0.2, -0.15) is 10.2 Å². The van der Waals surface area contributed by atoms with Crippen LogP contribution < -0.4 is 10.6 Å². The number of amides is 2. The summed E-state index contributed by atoms with van der Waals surface area (Å²) in [6, 6.07) is 21.3. The number of carbonyl (C=O) groups is 2. The summed E-state index contributed by atoms with van der Waals surface area (Å²) < 4.78 is 16.7. The molecule has 3 unspecified atom stereocenters. The summed E-state index contributed by atoms with van der Waals surface area (Å²) in [4.78, 5) is 28.0. The van der Waals surface area contributed by atoms with Crippen molar-refractivity contribution in [2.75, 3.05) is 4.90 Å². The highest BCUT2D eigenvalue weighted by atomic mass is 19.1. The first kappa shape index (κ1) is 23.6. The van der Waals surface area contributed by atoms with Crippen molar-refractivity contribution in [3.63, 3.8) is 0 Å². The minimum Gasteiger partial charge on any atom is -0.364 e. The molecule has 6 rings (SSSR count). The van der Waals surface area contributed by atoms with Crippen LogP contribution in [0, 0.1) is 11.7 Å². The number of halogens is 1. The molecule has 8 nitrogen and oxygen atoms in total. The summed E-state index contributed by atoms with van der Waals surface area (Å²) in [7, 11) is 1.74. The van der Waals surface area contributed by atoms with E-state index in [1.807, 2.05) is 55.5 Å². The molecule has 5 aromatic rings. The molecule has 1 aliphatic heterocycles. The van der Waals surface area contributed by atoms with E-state index in [4.69, 9.17) is 5.73 Å². The summed E-state index contributed by atoms with van der Waals surface area (Å²) in [5.74, 6) is -1.78. The molecule has 2 aromatic heterocycles. The number of nitrogens with zero attached hydrogens (tertiary/aromatic N) is 5. The number of carbonyl (C=O) groups excluding carboxylic acids is 2. The Bertz CT molecular complexity index is 1670. The zero-order chi connectivity index (χ0) is 26.6. The van der Waals surface area contributed by atoms with Gasteiger partial charge in [0.2, 0.25) is 5.91 Å². The second-order valence-corrected chi connectivity index (χ2v) is 9.63. The summed E-state index contributed by atoms with van der Waals surface area (Å²) in [5, 5.41) is 9.63. The minimum absolute atomic E-state index is 0.0617. The minimum atomic E-state index is -0.625. The fourth-order valence-electron chi connectivity index (χ4n) is 5.58. The van der Waals surface area contributed by atoms with Crippen molar-refractivity contribution in [1.29, 1.82) is 0 Å². The first-order valence-corrected chi connectivity index (χ1v) is 12.3. The topological polar surface area (TPSA) is 99.0 Å². The molecule has 0 saturated carbocycles. The van der Waals surface area contributed by atoms with Crippen molar-refractivity contribution in [3.05, 3.63) is 108 Å². The van der Waals surface area contributed by atoms with E-state index in [0.29, 0.717) is 11.3 Å². The molecule has 1 saturated heterocycles. The SMILES string of the molecule is CC1C(=O)N(c2ccc3c(cnn3-c3ccc(F)cc3)c2)C(c2ccccc2)C1c1cn(C)nc1C(N)=O. The highest BCUT2D eigenvalue weighted by Gasteiger charge is 2.49. The monoisotopic (exact) mass is 508 g/mol. The molecule has 1 fully saturated rings. The number of hydrogen-bond acceptors (Lipinski definition) is 4. The molecule has 3 atom stereocenters. The second-order valence-electron chi connectivity index (χ2n) is 9.63. The standard InChI is InChI=1S/C29H25FN6O2/c1-17-25(23-16-34(2)33-26(23)28(31)37)27(18-6-4-3-5-7-18)35(29(17)38)22-12-13-24-19(14-22)15-32-36(24)21-10-8-20(30)9-11-21/h3-17,25,27H,1-2H3,(H2,31,37). The molecule has 0 radical (unpaired) electrons. The average molecular weight is 509 g/mol. The largest absolute Gasteiger partial charge is 0.364 e. The maximum Gasteiger partial charge on any atom is 0.269 e. The van der Waals surface area contributed by atoms with Gasteiger partial charge in [0.25, 0.3) is 5.91 Å². The van der Waals surface area contributed by atoms with E-state index in [2.05, 4.69) is 10.2 Å². The molecule has 3 aromatic carbocycles. The van der Waals surface area contributed by atoms with Crippen molar-refractivity contribution in [2.24, 2.45) is 18.7 Å². The van der Waals surface area contributed by atoms with Gasteiger partial charge in [-0.3, -0.25) is 14.3 Å². The van der Waals surface area contributed by atoms with E-state index in [1.165, 1.54) is 12.1 Å². The van der Waals surface area contributed by atoms with Gasteiger partial charge in [-0.05, 0) is 48.0 Å². The Kier molecular flexibility index (Phi) is 5.56. The van der Waals surface area contributed by atoms with E-state index in [0.717, 1.165) is 22.2 Å². The van der Waals surface area contributed by atoms with Crippen molar-refractivity contribution in [2.45, 2.75) is 18.9 Å². The first-order valence-electron chi connectivity index (χ1n) is 12.3. The van der Waals surface area contributed by atoms with Gasteiger partial charge in [0.15, 0.2) is 5.69 Å². The van der Waals surface area contributed by atoms with Crippen LogP contribution in [0.2, 0.25) is 0 Å². The van der Waals surface area contributed by atoms with Crippen LogP contribution in [0.4, 0.5) is 10.1 Å². The quantitative estimate of drug-likeness (QED) is 0.378. The Hall–Kier alpha value is -4.79. The van der Waals surface area contributed by atoms with Crippen LogP contribution in [0.3, 0.4) is 0 Å². The van der Waals surface area contributed by atoms with E-state index in [1.54, 1.807) is 45.8 Å². The number of fused-ring (bicyclic) bond motifs is 1. The van der Waals surface area contributed by atoms with Crippen LogP contribution in [-0.4, -0.2) is 31.4 Å². The first-order chi connectivity index (χ1) is 18.3. The maximum atomic E-state index is 13.9. The number of rotatable bonds is 5. The fourth-order valence-corrected chi connectivity index (χ4v) is 5.58. The molecular weight excluding hydrogens is 483 g/mol. The third-order valence-corrected chi connectivity index (χ3v) is 7.28. The van der Waals surface area contributed by atoms with Gasteiger partial charge in [0, 0.05) is 41.7 Å². The molecule has 9 heteroatoms. The van der Waals surface area contributed by atoms with E-state index in [9.17, 15) is 14.0 Å². The second kappa shape index (κ2) is 8.95. The molecular formula is C29H25FN6O2. The Morgan fingerprint density at radius 1 is 1.00 bits per heavy atom. The highest BCUT2D eigenvalue weighted by Crippen LogP contribution is 2.50. The van der Waals surface area contributed by atoms with Gasteiger partial charge in [0.1, 0.15) is 5.82 Å². The Morgan fingerprint density at radius 2 is 1.71 bits per heavy atom. The lowest BCUT2D eigenvalue weighted by Gasteiger charge is -2.29. The van der Waals surface area contributed by atoms with Crippen molar-refractivity contribution < 1.29 is 14.0 Å². The number of nitrogens with two attached hydrogens (primary N) is 1. The smallest absolute Gasteiger partial charge is 0.269 e. The predicted octanol–water partition coefficient (Wildman–Crippen LogP) is 4.50. The van der Waals surface area contributed by atoms with Crippen LogP contribution in [0.5, 0.6) is 0 Å². The van der Waals surface area contributed by atoms with Crippen LogP contribution >= 0.6 is 0 Å². The molecule has 0 bridgehead atoms. The van der Waals surface area contributed by atoms with Gasteiger partial charge < -0.3 is 10.6 Å². The van der Waals surface area contributed by atoms with Crippen molar-refractivity contribution in [3.8, 4) is 5.69 Å². The third-order valence-electron chi connectivity index (χ3n) is 7.28. The van der Waals surface area contributed by atoms with Crippen LogP contribution in [-0.2, 0) is 11.8 Å². The Morgan fingerprint density at radius 3 is 2.42 bits per heavy atom. The third kappa shape index (κ3) is 3.75. The molecule has 1 aliphatic rings. The van der Waals surface area contributed by atoms with Crippen LogP contribution in [0.15, 0.2) is 85.2 Å². The van der Waals surface area contributed by atoms with Crippen LogP contribution in [0.25, 0.3) is 16.6 Å². The van der Waals surface area contributed by atoms with Gasteiger partial charge in [-0.15, -0.1) is 0 Å². The zero-order valence-corrected chi connectivity index (χ0v) is 20.8. The van der Waals surface area contributed by atoms with Gasteiger partial charge >= 0.3 is 0 Å². The predicted molar refractivity (Wildman–Crippen MR) is 141 cm³/mol. The number of anilines is 1. The fraction of sp³-hybridized carbons (Fsp3) is 0.172. The summed E-state index contributed by atoms with van der Waals surface area (Å²) >= 11 is 0. The Labute approximate surface area is 218 Å². The van der Waals surface area contributed by atoms with Gasteiger partial charge in [0.05, 0.1) is 23.4 Å². The van der Waals surface area contributed by atoms with E-state index < -0.39 is 11.8 Å². The number of benzene rings is 3. The Balaban J connectivity index is 1.48. The molecule has 190 valence electrons. The van der Waals surface area contributed by atoms with E-state index in [-0.39, 0.29) is 29.4 Å². The molecule has 2 amide bonds. The average Bonchev–Trinajstić information content (AvgIpc) is 3.58. The van der Waals surface area contributed by atoms with Crippen molar-refractivity contribution in [1.82, 2.24) is 19.6 Å². The molecule has 3 heterocycles. The lowest BCUT2D eigenvalue weighted by molar-refractivity contribution is -0.120. The highest BCUT2D eigenvalue weighted by molar-refractivity contribution is 6.02. The van der Waals surface area contributed by atoms with Crippen LogP contribution in [0.1, 0.15) is 40.5 Å². The molecule has 0 aliphatic carbocycles. The summed E-state index contributed by atoms with van der Waals surface area (Å²) in [5.41, 5.74) is 9.74. The number of aryl methyl sites for hydroxylation is 1. The van der Waals surface area contributed by atoms with E-state index >= 15 is 0 Å².